The Labute approximate surface area is 100 Å². The summed E-state index contributed by atoms with van der Waals surface area (Å²) in [5.41, 5.74) is 1.06. The largest absolute Gasteiger partial charge is 0.324 e. The van der Waals surface area contributed by atoms with Crippen LogP contribution in [0.25, 0.3) is 0 Å². The van der Waals surface area contributed by atoms with Crippen LogP contribution in [0.2, 0.25) is 0 Å². The molecular formula is C13H15NO3. The van der Waals surface area contributed by atoms with Gasteiger partial charge < -0.3 is 4.84 Å². The van der Waals surface area contributed by atoms with E-state index in [-0.39, 0.29) is 0 Å². The van der Waals surface area contributed by atoms with Gasteiger partial charge >= 0.3 is 0 Å². The van der Waals surface area contributed by atoms with Gasteiger partial charge in [0.15, 0.2) is 0 Å². The first kappa shape index (κ1) is 11.6. The van der Waals surface area contributed by atoms with Crippen molar-refractivity contribution in [2.24, 2.45) is 0 Å². The summed E-state index contributed by atoms with van der Waals surface area (Å²) in [6.45, 7) is 0. The predicted octanol–water partition coefficient (Wildman–Crippen LogP) is 2.67. The highest BCUT2D eigenvalue weighted by Crippen LogP contribution is 2.15. The van der Waals surface area contributed by atoms with E-state index in [1.54, 1.807) is 24.3 Å². The molecular weight excluding hydrogens is 218 g/mol. The molecule has 1 aromatic carbocycles. The molecule has 0 spiro atoms. The van der Waals surface area contributed by atoms with Gasteiger partial charge in [-0.25, -0.2) is 0 Å². The molecule has 1 fully saturated rings. The van der Waals surface area contributed by atoms with E-state index in [1.165, 1.54) is 0 Å². The highest BCUT2D eigenvalue weighted by molar-refractivity contribution is 5.89. The molecule has 0 heterocycles. The second-order valence-electron chi connectivity index (χ2n) is 4.13. The van der Waals surface area contributed by atoms with Gasteiger partial charge in [-0.05, 0) is 12.8 Å². The van der Waals surface area contributed by atoms with Crippen LogP contribution in [0.5, 0.6) is 0 Å². The number of hydrogen-bond acceptors (Lipinski definition) is 3. The van der Waals surface area contributed by atoms with Crippen molar-refractivity contribution in [1.29, 1.82) is 0 Å². The van der Waals surface area contributed by atoms with Crippen LogP contribution in [0.1, 0.15) is 42.5 Å². The average Bonchev–Trinajstić information content (AvgIpc) is 2.40. The van der Waals surface area contributed by atoms with E-state index in [0.29, 0.717) is 16.2 Å². The van der Waals surface area contributed by atoms with E-state index in [4.69, 9.17) is 4.84 Å². The van der Waals surface area contributed by atoms with Crippen molar-refractivity contribution < 1.29 is 14.5 Å². The van der Waals surface area contributed by atoms with Crippen LogP contribution in [-0.2, 0) is 4.84 Å². The summed E-state index contributed by atoms with van der Waals surface area (Å²) in [6, 6.07) is 8.53. The van der Waals surface area contributed by atoms with Gasteiger partial charge in [-0.1, -0.05) is 36.8 Å². The van der Waals surface area contributed by atoms with E-state index >= 15 is 0 Å². The van der Waals surface area contributed by atoms with Gasteiger partial charge in [-0.3, -0.25) is 10.0 Å². The number of nitrogens with zero attached hydrogens (tertiary/aromatic N) is 1. The normalized spacial score (nSPS) is 15.4. The minimum Gasteiger partial charge on any atom is -0.324 e. The van der Waals surface area contributed by atoms with Crippen molar-refractivity contribution in [3.8, 4) is 0 Å². The summed E-state index contributed by atoms with van der Waals surface area (Å²) in [5.74, 6) is -0.598. The molecule has 17 heavy (non-hydrogen) atoms. The van der Waals surface area contributed by atoms with Crippen molar-refractivity contribution >= 4 is 11.7 Å². The van der Waals surface area contributed by atoms with E-state index in [2.05, 4.69) is 0 Å². The van der Waals surface area contributed by atoms with Gasteiger partial charge in [0, 0.05) is 23.3 Å². The average molecular weight is 233 g/mol. The Morgan fingerprint density at radius 2 is 1.76 bits per heavy atom. The lowest BCUT2D eigenvalue weighted by Gasteiger charge is -2.12. The highest BCUT2D eigenvalue weighted by atomic mass is 16.9. The number of carbonyl (C=O) groups excluding carboxylic acids is 1. The molecule has 1 aromatic rings. The fraction of sp³-hybridized carbons (Fsp3) is 0.385. The molecule has 1 aliphatic carbocycles. The Balaban J connectivity index is 2.03. The molecule has 0 amide bonds. The van der Waals surface area contributed by atoms with Gasteiger partial charge in [0.1, 0.15) is 0 Å². The molecule has 0 aliphatic heterocycles. The van der Waals surface area contributed by atoms with Crippen molar-refractivity contribution in [3.05, 3.63) is 41.1 Å². The van der Waals surface area contributed by atoms with E-state index in [0.717, 1.165) is 32.1 Å². The summed E-state index contributed by atoms with van der Waals surface area (Å²) in [7, 11) is 0. The van der Waals surface area contributed by atoms with Crippen LogP contribution < -0.4 is 0 Å². The lowest BCUT2D eigenvalue weighted by Crippen LogP contribution is -2.22. The Bertz CT molecular complexity index is 418. The Hall–Kier alpha value is -1.84. The third-order valence-electron chi connectivity index (χ3n) is 2.86. The van der Waals surface area contributed by atoms with Gasteiger partial charge in [-0.2, -0.15) is 0 Å². The maximum atomic E-state index is 11.6. The Morgan fingerprint density at radius 3 is 2.41 bits per heavy atom. The molecule has 0 atom stereocenters. The van der Waals surface area contributed by atoms with Crippen molar-refractivity contribution in [2.75, 3.05) is 0 Å². The third kappa shape index (κ3) is 3.06. The lowest BCUT2D eigenvalue weighted by atomic mass is 9.99. The van der Waals surface area contributed by atoms with Gasteiger partial charge in [0.05, 0.1) is 0 Å². The van der Waals surface area contributed by atoms with E-state index in [9.17, 15) is 10.0 Å². The maximum absolute atomic E-state index is 11.6. The van der Waals surface area contributed by atoms with Crippen molar-refractivity contribution in [2.45, 2.75) is 32.1 Å². The van der Waals surface area contributed by atoms with Crippen LogP contribution >= 0.6 is 0 Å². The molecule has 4 heteroatoms. The number of benzene rings is 1. The van der Waals surface area contributed by atoms with Crippen LogP contribution in [0.15, 0.2) is 30.3 Å². The van der Waals surface area contributed by atoms with Crippen molar-refractivity contribution in [1.82, 2.24) is 0 Å². The molecule has 2 rings (SSSR count). The fourth-order valence-electron chi connectivity index (χ4n) is 1.91. The predicted molar refractivity (Wildman–Crippen MR) is 63.6 cm³/mol. The molecule has 0 N–H and O–H groups in total. The molecule has 4 nitrogen and oxygen atoms in total. The molecule has 1 saturated carbocycles. The molecule has 0 aromatic heterocycles. The minimum absolute atomic E-state index is 0.393. The number of rotatable bonds is 2. The Morgan fingerprint density at radius 1 is 1.12 bits per heavy atom. The van der Waals surface area contributed by atoms with Crippen LogP contribution in [0, 0.1) is 5.21 Å². The maximum Gasteiger partial charge on any atom is 0.287 e. The SMILES string of the molecule is O=C(O[N+]([O-])=C1CCCCC1)c1ccccc1. The van der Waals surface area contributed by atoms with Gasteiger partial charge in [0.2, 0.25) is 5.71 Å². The summed E-state index contributed by atoms with van der Waals surface area (Å²) < 4.78 is 0. The summed E-state index contributed by atoms with van der Waals surface area (Å²) >= 11 is 0. The fourth-order valence-corrected chi connectivity index (χ4v) is 1.91. The topological polar surface area (TPSA) is 52.4 Å². The number of carbonyl (C=O) groups is 1. The zero-order valence-electron chi connectivity index (χ0n) is 9.59. The standard InChI is InChI=1S/C13H15NO3/c15-13(11-7-3-1-4-8-11)17-14(16)12-9-5-2-6-10-12/h1,3-4,7-8H,2,5-6,9-10H2. The van der Waals surface area contributed by atoms with Crippen LogP contribution in [0.3, 0.4) is 0 Å². The quantitative estimate of drug-likeness (QED) is 0.448. The highest BCUT2D eigenvalue weighted by Gasteiger charge is 2.18. The third-order valence-corrected chi connectivity index (χ3v) is 2.86. The van der Waals surface area contributed by atoms with Gasteiger partial charge in [0.25, 0.3) is 5.97 Å². The number of hydrogen-bond donors (Lipinski definition) is 0. The molecule has 0 bridgehead atoms. The van der Waals surface area contributed by atoms with E-state index in [1.807, 2.05) is 6.07 Å². The molecule has 0 saturated heterocycles. The van der Waals surface area contributed by atoms with Crippen LogP contribution in [0.4, 0.5) is 0 Å². The summed E-state index contributed by atoms with van der Waals surface area (Å²) in [4.78, 5) is 16.8. The Kier molecular flexibility index (Phi) is 3.75. The summed E-state index contributed by atoms with van der Waals surface area (Å²) in [5, 5.41) is 11.6. The van der Waals surface area contributed by atoms with Crippen molar-refractivity contribution in [3.63, 3.8) is 0 Å². The molecule has 0 unspecified atom stereocenters. The minimum atomic E-state index is -0.598. The van der Waals surface area contributed by atoms with E-state index < -0.39 is 5.97 Å². The molecule has 1 aliphatic rings. The second kappa shape index (κ2) is 5.48. The smallest absolute Gasteiger partial charge is 0.287 e. The van der Waals surface area contributed by atoms with Crippen LogP contribution in [-0.4, -0.2) is 16.6 Å². The molecule has 90 valence electrons. The molecule has 0 radical (unpaired) electrons. The first-order valence-corrected chi connectivity index (χ1v) is 5.86. The first-order chi connectivity index (χ1) is 8.27. The lowest BCUT2D eigenvalue weighted by molar-refractivity contribution is -0.711. The zero-order valence-corrected chi connectivity index (χ0v) is 9.59. The van der Waals surface area contributed by atoms with Gasteiger partial charge in [-0.15, -0.1) is 0 Å². The summed E-state index contributed by atoms with van der Waals surface area (Å²) in [6.07, 6.45) is 4.59. The zero-order chi connectivity index (χ0) is 12.1. The second-order valence-corrected chi connectivity index (χ2v) is 4.13. The first-order valence-electron chi connectivity index (χ1n) is 5.86. The monoisotopic (exact) mass is 233 g/mol.